The molecule has 0 fully saturated rings. The van der Waals surface area contributed by atoms with Crippen LogP contribution in [-0.2, 0) is 0 Å². The monoisotopic (exact) mass is 335 g/mol. The van der Waals surface area contributed by atoms with Crippen molar-refractivity contribution in [2.75, 3.05) is 0 Å². The highest BCUT2D eigenvalue weighted by molar-refractivity contribution is 6.44. The molecule has 0 saturated heterocycles. The number of halogens is 2. The first-order chi connectivity index (χ1) is 10.6. The number of hydrogen-bond donors (Lipinski definition) is 2. The second-order valence-electron chi connectivity index (χ2n) is 4.50. The largest absolute Gasteiger partial charge is 0.383 e. The van der Waals surface area contributed by atoms with Gasteiger partial charge in [0.1, 0.15) is 10.7 Å². The molecule has 1 atom stereocenters. The molecule has 2 rings (SSSR count). The van der Waals surface area contributed by atoms with Crippen molar-refractivity contribution in [2.24, 2.45) is 10.7 Å². The van der Waals surface area contributed by atoms with E-state index in [4.69, 9.17) is 28.9 Å². The highest BCUT2D eigenvalue weighted by Gasteiger charge is 2.20. The first kappa shape index (κ1) is 16.3. The van der Waals surface area contributed by atoms with E-state index in [0.717, 1.165) is 5.56 Å². The van der Waals surface area contributed by atoms with Crippen LogP contribution < -0.4 is 11.1 Å². The zero-order valence-corrected chi connectivity index (χ0v) is 13.1. The minimum absolute atomic E-state index is 0.255. The average molecular weight is 336 g/mol. The molecular formula is C16H15Cl2N3O. The van der Waals surface area contributed by atoms with E-state index in [-0.39, 0.29) is 11.7 Å². The van der Waals surface area contributed by atoms with E-state index in [1.165, 1.54) is 0 Å². The van der Waals surface area contributed by atoms with Gasteiger partial charge in [-0.25, -0.2) is 4.99 Å². The van der Waals surface area contributed by atoms with Gasteiger partial charge in [0.15, 0.2) is 6.17 Å². The number of amides is 1. The molecule has 0 saturated carbocycles. The second kappa shape index (κ2) is 7.82. The molecule has 0 aromatic heterocycles. The van der Waals surface area contributed by atoms with Crippen LogP contribution in [0, 0.1) is 0 Å². The molecule has 0 aliphatic heterocycles. The molecule has 0 bridgehead atoms. The highest BCUT2D eigenvalue weighted by atomic mass is 35.5. The minimum atomic E-state index is -0.921. The van der Waals surface area contributed by atoms with E-state index in [2.05, 4.69) is 10.3 Å². The molecule has 1 amide bonds. The standard InChI is InChI=1S/C16H15Cl2N3O/c17-13(18)15(20-14(19)11-7-3-1-4-8-11)21-16(22)12-9-5-2-6-10-12/h1-10,13,15H,(H2,19,20)(H,21,22)/t15-/m1/s1. The van der Waals surface area contributed by atoms with Crippen LogP contribution in [0.1, 0.15) is 15.9 Å². The number of aliphatic imine (C=N–C) groups is 1. The smallest absolute Gasteiger partial charge is 0.252 e. The molecule has 0 heterocycles. The third-order valence-electron chi connectivity index (χ3n) is 2.90. The number of carbonyl (C=O) groups excluding carboxylic acids is 1. The van der Waals surface area contributed by atoms with Gasteiger partial charge in [0.25, 0.3) is 5.91 Å². The van der Waals surface area contributed by atoms with E-state index in [9.17, 15) is 4.79 Å². The van der Waals surface area contributed by atoms with E-state index in [0.29, 0.717) is 5.56 Å². The number of carbonyl (C=O) groups is 1. The molecule has 0 radical (unpaired) electrons. The lowest BCUT2D eigenvalue weighted by molar-refractivity contribution is 0.0940. The van der Waals surface area contributed by atoms with Crippen LogP contribution in [0.15, 0.2) is 65.7 Å². The van der Waals surface area contributed by atoms with Gasteiger partial charge in [-0.1, -0.05) is 48.5 Å². The number of hydrogen-bond acceptors (Lipinski definition) is 2. The summed E-state index contributed by atoms with van der Waals surface area (Å²) in [5.74, 6) is -0.0632. The molecular weight excluding hydrogens is 321 g/mol. The summed E-state index contributed by atoms with van der Waals surface area (Å²) in [6.45, 7) is 0. The fraction of sp³-hybridized carbons (Fsp3) is 0.125. The van der Waals surface area contributed by atoms with Crippen molar-refractivity contribution in [3.8, 4) is 0 Å². The van der Waals surface area contributed by atoms with Crippen LogP contribution in [0.25, 0.3) is 0 Å². The van der Waals surface area contributed by atoms with Crippen molar-refractivity contribution in [3.63, 3.8) is 0 Å². The molecule has 0 spiro atoms. The second-order valence-corrected chi connectivity index (χ2v) is 5.66. The van der Waals surface area contributed by atoms with Gasteiger partial charge in [-0.2, -0.15) is 0 Å². The summed E-state index contributed by atoms with van der Waals surface area (Å²) >= 11 is 11.8. The van der Waals surface area contributed by atoms with Crippen LogP contribution >= 0.6 is 23.2 Å². The van der Waals surface area contributed by atoms with E-state index < -0.39 is 11.0 Å². The SMILES string of the molecule is NC(=N[C@H](NC(=O)c1ccccc1)C(Cl)Cl)c1ccccc1. The van der Waals surface area contributed by atoms with Gasteiger partial charge in [-0.05, 0) is 12.1 Å². The Morgan fingerprint density at radius 2 is 1.45 bits per heavy atom. The van der Waals surface area contributed by atoms with Gasteiger partial charge in [0.2, 0.25) is 0 Å². The number of benzene rings is 2. The van der Waals surface area contributed by atoms with Gasteiger partial charge >= 0.3 is 0 Å². The third-order valence-corrected chi connectivity index (χ3v) is 3.38. The lowest BCUT2D eigenvalue weighted by Gasteiger charge is -2.16. The van der Waals surface area contributed by atoms with Crippen molar-refractivity contribution in [1.29, 1.82) is 0 Å². The Kier molecular flexibility index (Phi) is 5.81. The van der Waals surface area contributed by atoms with Gasteiger partial charge in [-0.15, -0.1) is 23.2 Å². The van der Waals surface area contributed by atoms with Crippen molar-refractivity contribution in [2.45, 2.75) is 11.0 Å². The average Bonchev–Trinajstić information content (AvgIpc) is 2.55. The zero-order valence-electron chi connectivity index (χ0n) is 11.6. The molecule has 2 aromatic carbocycles. The Morgan fingerprint density at radius 3 is 1.95 bits per heavy atom. The Bertz CT molecular complexity index is 645. The fourth-order valence-corrected chi connectivity index (χ4v) is 2.03. The number of nitrogens with two attached hydrogens (primary N) is 1. The predicted octanol–water partition coefficient (Wildman–Crippen LogP) is 2.95. The summed E-state index contributed by atoms with van der Waals surface area (Å²) < 4.78 is 0. The van der Waals surface area contributed by atoms with Crippen LogP contribution in [-0.4, -0.2) is 22.7 Å². The maximum absolute atomic E-state index is 12.1. The molecule has 4 nitrogen and oxygen atoms in total. The summed E-state index contributed by atoms with van der Waals surface area (Å²) in [5.41, 5.74) is 7.16. The summed E-state index contributed by atoms with van der Waals surface area (Å²) in [7, 11) is 0. The molecule has 6 heteroatoms. The molecule has 0 unspecified atom stereocenters. The van der Waals surface area contributed by atoms with Crippen molar-refractivity contribution in [1.82, 2.24) is 5.32 Å². The fourth-order valence-electron chi connectivity index (χ4n) is 1.79. The Hall–Kier alpha value is -2.04. The lowest BCUT2D eigenvalue weighted by Crippen LogP contribution is -2.39. The first-order valence-electron chi connectivity index (χ1n) is 6.60. The zero-order chi connectivity index (χ0) is 15.9. The van der Waals surface area contributed by atoms with Gasteiger partial charge in [0, 0.05) is 11.1 Å². The molecule has 0 aliphatic carbocycles. The van der Waals surface area contributed by atoms with E-state index in [1.54, 1.807) is 24.3 Å². The van der Waals surface area contributed by atoms with Crippen molar-refractivity contribution >= 4 is 34.9 Å². The number of amidine groups is 1. The van der Waals surface area contributed by atoms with Crippen LogP contribution in [0.5, 0.6) is 0 Å². The molecule has 22 heavy (non-hydrogen) atoms. The third kappa shape index (κ3) is 4.48. The highest BCUT2D eigenvalue weighted by Crippen LogP contribution is 2.12. The normalized spacial score (nSPS) is 13.0. The quantitative estimate of drug-likeness (QED) is 0.501. The Balaban J connectivity index is 2.15. The summed E-state index contributed by atoms with van der Waals surface area (Å²) in [5, 5.41) is 2.66. The summed E-state index contributed by atoms with van der Waals surface area (Å²) in [6, 6.07) is 17.9. The van der Waals surface area contributed by atoms with Gasteiger partial charge < -0.3 is 11.1 Å². The molecule has 2 aromatic rings. The van der Waals surface area contributed by atoms with Crippen molar-refractivity contribution in [3.05, 3.63) is 71.8 Å². The van der Waals surface area contributed by atoms with Crippen LogP contribution in [0.2, 0.25) is 0 Å². The van der Waals surface area contributed by atoms with Crippen LogP contribution in [0.3, 0.4) is 0 Å². The molecule has 114 valence electrons. The summed E-state index contributed by atoms with van der Waals surface area (Å²) in [6.07, 6.45) is -0.837. The van der Waals surface area contributed by atoms with E-state index in [1.807, 2.05) is 36.4 Å². The van der Waals surface area contributed by atoms with Gasteiger partial charge in [-0.3, -0.25) is 4.79 Å². The Morgan fingerprint density at radius 1 is 0.955 bits per heavy atom. The number of nitrogens with zero attached hydrogens (tertiary/aromatic N) is 1. The maximum atomic E-state index is 12.1. The molecule has 0 aliphatic rings. The first-order valence-corrected chi connectivity index (χ1v) is 7.48. The number of alkyl halides is 2. The maximum Gasteiger partial charge on any atom is 0.252 e. The predicted molar refractivity (Wildman–Crippen MR) is 90.4 cm³/mol. The topological polar surface area (TPSA) is 67.5 Å². The minimum Gasteiger partial charge on any atom is -0.383 e. The van der Waals surface area contributed by atoms with Crippen molar-refractivity contribution < 1.29 is 4.79 Å². The molecule has 3 N–H and O–H groups in total. The summed E-state index contributed by atoms with van der Waals surface area (Å²) in [4.78, 5) is 15.4. The number of rotatable bonds is 5. The van der Waals surface area contributed by atoms with Gasteiger partial charge in [0.05, 0.1) is 0 Å². The Labute approximate surface area is 139 Å². The number of nitrogens with one attached hydrogen (secondary N) is 1. The lowest BCUT2D eigenvalue weighted by atomic mass is 10.2. The van der Waals surface area contributed by atoms with Crippen LogP contribution in [0.4, 0.5) is 0 Å². The van der Waals surface area contributed by atoms with E-state index >= 15 is 0 Å².